The molecule has 0 saturated heterocycles. The molecule has 1 amide bonds. The minimum atomic E-state index is -0.246. The topological polar surface area (TPSA) is 91.4 Å². The van der Waals surface area contributed by atoms with E-state index in [-0.39, 0.29) is 12.7 Å². The molecular formula is C18H16N4O3. The molecule has 2 heterocycles. The van der Waals surface area contributed by atoms with Gasteiger partial charge in [0.25, 0.3) is 5.91 Å². The molecule has 1 aliphatic rings. The number of nitrogens with two attached hydrogens (primary N) is 1. The normalized spacial score (nSPS) is 12.2. The number of nitrogens with one attached hydrogen (secondary N) is 1. The van der Waals surface area contributed by atoms with E-state index in [4.69, 9.17) is 15.2 Å². The monoisotopic (exact) mass is 336 g/mol. The van der Waals surface area contributed by atoms with E-state index in [9.17, 15) is 4.79 Å². The number of rotatable bonds is 4. The van der Waals surface area contributed by atoms with Gasteiger partial charge in [-0.2, -0.15) is 5.10 Å². The van der Waals surface area contributed by atoms with Crippen molar-refractivity contribution in [2.75, 3.05) is 12.5 Å². The average molecular weight is 336 g/mol. The second-order valence-corrected chi connectivity index (χ2v) is 5.59. The Bertz CT molecular complexity index is 922. The molecular weight excluding hydrogens is 320 g/mol. The highest BCUT2D eigenvalue weighted by molar-refractivity contribution is 5.99. The van der Waals surface area contributed by atoms with Crippen molar-refractivity contribution < 1.29 is 14.3 Å². The van der Waals surface area contributed by atoms with Crippen LogP contribution in [0.1, 0.15) is 15.9 Å². The number of ether oxygens (including phenoxy) is 2. The van der Waals surface area contributed by atoms with Gasteiger partial charge in [-0.15, -0.1) is 0 Å². The number of aromatic nitrogens is 2. The maximum absolute atomic E-state index is 12.5. The number of anilines is 1. The molecule has 25 heavy (non-hydrogen) atoms. The molecule has 1 aliphatic heterocycles. The number of nitrogen functional groups attached to an aromatic ring is 1. The lowest BCUT2D eigenvalue weighted by Crippen LogP contribution is -2.24. The van der Waals surface area contributed by atoms with Crippen molar-refractivity contribution in [2.24, 2.45) is 0 Å². The summed E-state index contributed by atoms with van der Waals surface area (Å²) in [4.78, 5) is 12.5. The van der Waals surface area contributed by atoms with Crippen LogP contribution in [0.15, 0.2) is 54.9 Å². The predicted molar refractivity (Wildman–Crippen MR) is 91.7 cm³/mol. The van der Waals surface area contributed by atoms with Crippen molar-refractivity contribution in [3.05, 3.63) is 66.0 Å². The van der Waals surface area contributed by atoms with Gasteiger partial charge >= 0.3 is 0 Å². The van der Waals surface area contributed by atoms with E-state index >= 15 is 0 Å². The van der Waals surface area contributed by atoms with Gasteiger partial charge < -0.3 is 20.5 Å². The van der Waals surface area contributed by atoms with Crippen LogP contribution in [-0.2, 0) is 6.54 Å². The van der Waals surface area contributed by atoms with Crippen molar-refractivity contribution in [3.63, 3.8) is 0 Å². The summed E-state index contributed by atoms with van der Waals surface area (Å²) in [5.74, 6) is 1.15. The number of hydrogen-bond donors (Lipinski definition) is 2. The first-order valence-corrected chi connectivity index (χ1v) is 7.77. The fourth-order valence-electron chi connectivity index (χ4n) is 2.63. The Kier molecular flexibility index (Phi) is 3.74. The van der Waals surface area contributed by atoms with E-state index < -0.39 is 0 Å². The van der Waals surface area contributed by atoms with Crippen LogP contribution in [-0.4, -0.2) is 22.5 Å². The SMILES string of the molecule is Nc1ccc(-n2cccn2)cc1C(=O)NCc1ccc2c(c1)OCO2. The zero-order chi connectivity index (χ0) is 17.2. The maximum atomic E-state index is 12.5. The predicted octanol–water partition coefficient (Wildman–Crippen LogP) is 2.11. The minimum absolute atomic E-state index is 0.224. The number of hydrogen-bond acceptors (Lipinski definition) is 5. The third kappa shape index (κ3) is 2.99. The lowest BCUT2D eigenvalue weighted by molar-refractivity contribution is 0.0951. The van der Waals surface area contributed by atoms with Crippen LogP contribution in [0, 0.1) is 0 Å². The van der Waals surface area contributed by atoms with Gasteiger partial charge in [-0.05, 0) is 42.0 Å². The fraction of sp³-hybridized carbons (Fsp3) is 0.111. The van der Waals surface area contributed by atoms with Crippen LogP contribution in [0.3, 0.4) is 0 Å². The van der Waals surface area contributed by atoms with E-state index in [0.29, 0.717) is 29.3 Å². The second kappa shape index (κ2) is 6.20. The highest BCUT2D eigenvalue weighted by Gasteiger charge is 2.15. The first-order chi connectivity index (χ1) is 12.2. The Labute approximate surface area is 144 Å². The fourth-order valence-corrected chi connectivity index (χ4v) is 2.63. The van der Waals surface area contributed by atoms with E-state index in [2.05, 4.69) is 10.4 Å². The maximum Gasteiger partial charge on any atom is 0.253 e. The summed E-state index contributed by atoms with van der Waals surface area (Å²) in [5.41, 5.74) is 8.47. The Balaban J connectivity index is 1.50. The molecule has 0 unspecified atom stereocenters. The van der Waals surface area contributed by atoms with Gasteiger partial charge in [0, 0.05) is 24.6 Å². The van der Waals surface area contributed by atoms with Gasteiger partial charge in [-0.3, -0.25) is 4.79 Å². The van der Waals surface area contributed by atoms with Crippen molar-refractivity contribution in [2.45, 2.75) is 6.54 Å². The summed E-state index contributed by atoms with van der Waals surface area (Å²) in [7, 11) is 0. The lowest BCUT2D eigenvalue weighted by atomic mass is 10.1. The smallest absolute Gasteiger partial charge is 0.253 e. The van der Waals surface area contributed by atoms with E-state index in [1.54, 1.807) is 29.2 Å². The van der Waals surface area contributed by atoms with E-state index in [0.717, 1.165) is 11.3 Å². The molecule has 2 aromatic carbocycles. The van der Waals surface area contributed by atoms with Crippen LogP contribution in [0.4, 0.5) is 5.69 Å². The Morgan fingerprint density at radius 1 is 1.20 bits per heavy atom. The Hall–Kier alpha value is -3.48. The van der Waals surface area contributed by atoms with Crippen LogP contribution >= 0.6 is 0 Å². The van der Waals surface area contributed by atoms with Gasteiger partial charge in [0.05, 0.1) is 11.3 Å². The Morgan fingerprint density at radius 3 is 2.92 bits per heavy atom. The van der Waals surface area contributed by atoms with Gasteiger partial charge in [0.1, 0.15) is 0 Å². The second-order valence-electron chi connectivity index (χ2n) is 5.59. The summed E-state index contributed by atoms with van der Waals surface area (Å²) in [6.07, 6.45) is 3.48. The molecule has 7 heteroatoms. The number of carbonyl (C=O) groups excluding carboxylic acids is 1. The zero-order valence-electron chi connectivity index (χ0n) is 13.3. The molecule has 0 aliphatic carbocycles. The number of benzene rings is 2. The van der Waals surface area contributed by atoms with Gasteiger partial charge in [0.15, 0.2) is 11.5 Å². The molecule has 1 aromatic heterocycles. The molecule has 0 atom stereocenters. The molecule has 3 N–H and O–H groups in total. The lowest BCUT2D eigenvalue weighted by Gasteiger charge is -2.10. The van der Waals surface area contributed by atoms with Gasteiger partial charge in [-0.25, -0.2) is 4.68 Å². The molecule has 0 spiro atoms. The summed E-state index contributed by atoms with van der Waals surface area (Å²) < 4.78 is 12.3. The first-order valence-electron chi connectivity index (χ1n) is 7.77. The van der Waals surface area contributed by atoms with E-state index in [1.165, 1.54) is 0 Å². The number of amides is 1. The average Bonchev–Trinajstić information content (AvgIpc) is 3.31. The van der Waals surface area contributed by atoms with Crippen LogP contribution < -0.4 is 20.5 Å². The molecule has 0 radical (unpaired) electrons. The molecule has 7 nitrogen and oxygen atoms in total. The number of fused-ring (bicyclic) bond motifs is 1. The summed E-state index contributed by atoms with van der Waals surface area (Å²) in [5, 5.41) is 7.04. The zero-order valence-corrected chi connectivity index (χ0v) is 13.3. The van der Waals surface area contributed by atoms with Crippen molar-refractivity contribution >= 4 is 11.6 Å². The molecule has 0 saturated carbocycles. The number of nitrogens with zero attached hydrogens (tertiary/aromatic N) is 2. The molecule has 0 bridgehead atoms. The van der Waals surface area contributed by atoms with Crippen LogP contribution in [0.25, 0.3) is 5.69 Å². The number of carbonyl (C=O) groups is 1. The van der Waals surface area contributed by atoms with Crippen molar-refractivity contribution in [3.8, 4) is 17.2 Å². The summed E-state index contributed by atoms with van der Waals surface area (Å²) >= 11 is 0. The van der Waals surface area contributed by atoms with Crippen LogP contribution in [0.2, 0.25) is 0 Å². The Morgan fingerprint density at radius 2 is 2.08 bits per heavy atom. The van der Waals surface area contributed by atoms with Gasteiger partial charge in [0.2, 0.25) is 6.79 Å². The molecule has 126 valence electrons. The first kappa shape index (κ1) is 15.1. The summed E-state index contributed by atoms with van der Waals surface area (Å²) in [6, 6.07) is 12.6. The molecule has 4 rings (SSSR count). The molecule has 0 fully saturated rings. The minimum Gasteiger partial charge on any atom is -0.454 e. The third-order valence-corrected chi connectivity index (χ3v) is 3.94. The highest BCUT2D eigenvalue weighted by Crippen LogP contribution is 2.32. The van der Waals surface area contributed by atoms with Crippen molar-refractivity contribution in [1.29, 1.82) is 0 Å². The molecule has 3 aromatic rings. The standard InChI is InChI=1S/C18H16N4O3/c19-15-4-3-13(22-7-1-6-21-22)9-14(15)18(23)20-10-12-2-5-16-17(8-12)25-11-24-16/h1-9H,10-11,19H2,(H,20,23). The van der Waals surface area contributed by atoms with Gasteiger partial charge in [-0.1, -0.05) is 6.07 Å². The third-order valence-electron chi connectivity index (χ3n) is 3.94. The summed E-state index contributed by atoms with van der Waals surface area (Å²) in [6.45, 7) is 0.586. The van der Waals surface area contributed by atoms with Crippen molar-refractivity contribution in [1.82, 2.24) is 15.1 Å². The largest absolute Gasteiger partial charge is 0.454 e. The van der Waals surface area contributed by atoms with Crippen LogP contribution in [0.5, 0.6) is 11.5 Å². The highest BCUT2D eigenvalue weighted by atomic mass is 16.7. The quantitative estimate of drug-likeness (QED) is 0.712. The van der Waals surface area contributed by atoms with E-state index in [1.807, 2.05) is 30.3 Å².